The molecular weight excluding hydrogens is 292 g/mol. The first-order valence-electron chi connectivity index (χ1n) is 8.80. The summed E-state index contributed by atoms with van der Waals surface area (Å²) in [5, 5.41) is 4.28. The average Bonchev–Trinajstić information content (AvgIpc) is 3.24. The number of hydrogen-bond donors (Lipinski definition) is 0. The summed E-state index contributed by atoms with van der Waals surface area (Å²) in [4.78, 5) is 28.9. The van der Waals surface area contributed by atoms with Crippen molar-refractivity contribution in [3.8, 4) is 0 Å². The number of rotatable bonds is 5. The molecule has 1 atom stereocenters. The molecule has 1 aromatic rings. The molecule has 2 aliphatic heterocycles. The summed E-state index contributed by atoms with van der Waals surface area (Å²) in [5.41, 5.74) is 0.258. The molecule has 0 N–H and O–H groups in total. The predicted molar refractivity (Wildman–Crippen MR) is 88.5 cm³/mol. The minimum atomic E-state index is -0.133. The second kappa shape index (κ2) is 7.25. The maximum absolute atomic E-state index is 12.7. The zero-order valence-electron chi connectivity index (χ0n) is 13.9. The number of carbonyl (C=O) groups is 1. The van der Waals surface area contributed by atoms with Crippen molar-refractivity contribution in [1.29, 1.82) is 0 Å². The highest BCUT2D eigenvalue weighted by molar-refractivity contribution is 5.92. The smallest absolute Gasteiger partial charge is 0.274 e. The molecule has 0 saturated carbocycles. The summed E-state index contributed by atoms with van der Waals surface area (Å²) < 4.78 is 1.42. The fourth-order valence-corrected chi connectivity index (χ4v) is 3.52. The van der Waals surface area contributed by atoms with E-state index >= 15 is 0 Å². The molecule has 1 aromatic heterocycles. The molecule has 2 saturated heterocycles. The quantitative estimate of drug-likeness (QED) is 0.822. The Kier molecular flexibility index (Phi) is 5.10. The van der Waals surface area contributed by atoms with Crippen LogP contribution in [0.15, 0.2) is 16.9 Å². The Bertz CT molecular complexity index is 607. The number of amides is 1. The lowest BCUT2D eigenvalue weighted by Crippen LogP contribution is -2.38. The second-order valence-corrected chi connectivity index (χ2v) is 6.57. The highest BCUT2D eigenvalue weighted by Gasteiger charge is 2.32. The number of aromatic nitrogens is 2. The molecule has 0 radical (unpaired) electrons. The average molecular weight is 318 g/mol. The van der Waals surface area contributed by atoms with Crippen LogP contribution in [0.1, 0.15) is 49.5 Å². The fourth-order valence-electron chi connectivity index (χ4n) is 3.52. The molecule has 3 heterocycles. The van der Waals surface area contributed by atoms with Crippen LogP contribution in [0.5, 0.6) is 0 Å². The van der Waals surface area contributed by atoms with Crippen LogP contribution in [0.25, 0.3) is 0 Å². The van der Waals surface area contributed by atoms with Gasteiger partial charge in [0.25, 0.3) is 11.5 Å². The van der Waals surface area contributed by atoms with Crippen molar-refractivity contribution in [1.82, 2.24) is 19.6 Å². The second-order valence-electron chi connectivity index (χ2n) is 6.57. The molecule has 0 spiro atoms. The van der Waals surface area contributed by atoms with Gasteiger partial charge in [-0.05, 0) is 44.8 Å². The molecule has 23 heavy (non-hydrogen) atoms. The van der Waals surface area contributed by atoms with Gasteiger partial charge < -0.3 is 4.90 Å². The number of aryl methyl sites for hydroxylation is 1. The first-order valence-corrected chi connectivity index (χ1v) is 8.80. The van der Waals surface area contributed by atoms with Crippen LogP contribution in [0.2, 0.25) is 0 Å². The summed E-state index contributed by atoms with van der Waals surface area (Å²) in [6.07, 6.45) is 5.48. The van der Waals surface area contributed by atoms with Gasteiger partial charge in [0.1, 0.15) is 5.69 Å². The van der Waals surface area contributed by atoms with E-state index in [0.717, 1.165) is 45.4 Å². The van der Waals surface area contributed by atoms with Gasteiger partial charge in [0.2, 0.25) is 0 Å². The lowest BCUT2D eigenvalue weighted by molar-refractivity contribution is 0.0771. The zero-order chi connectivity index (χ0) is 16.2. The predicted octanol–water partition coefficient (Wildman–Crippen LogP) is 1.35. The highest BCUT2D eigenvalue weighted by Crippen LogP contribution is 2.21. The van der Waals surface area contributed by atoms with E-state index in [-0.39, 0.29) is 11.5 Å². The lowest BCUT2D eigenvalue weighted by Gasteiger charge is -2.23. The maximum atomic E-state index is 12.7. The summed E-state index contributed by atoms with van der Waals surface area (Å²) in [5.74, 6) is -0.0445. The van der Waals surface area contributed by atoms with Crippen LogP contribution in [0.4, 0.5) is 0 Å². The molecule has 126 valence electrons. The molecule has 3 rings (SSSR count). The van der Waals surface area contributed by atoms with Crippen LogP contribution in [-0.2, 0) is 6.54 Å². The fraction of sp³-hybridized carbons (Fsp3) is 0.706. The molecule has 0 bridgehead atoms. The lowest BCUT2D eigenvalue weighted by atomic mass is 10.2. The Morgan fingerprint density at radius 3 is 2.78 bits per heavy atom. The van der Waals surface area contributed by atoms with Crippen LogP contribution >= 0.6 is 0 Å². The number of carbonyl (C=O) groups excluding carboxylic acids is 1. The van der Waals surface area contributed by atoms with Crippen LogP contribution in [-0.4, -0.2) is 57.7 Å². The third-order valence-electron chi connectivity index (χ3n) is 4.92. The minimum Gasteiger partial charge on any atom is -0.336 e. The van der Waals surface area contributed by atoms with Gasteiger partial charge >= 0.3 is 0 Å². The summed E-state index contributed by atoms with van der Waals surface area (Å²) >= 11 is 0. The van der Waals surface area contributed by atoms with Crippen molar-refractivity contribution in [2.45, 2.75) is 51.6 Å². The van der Waals surface area contributed by atoms with Crippen molar-refractivity contribution in [2.24, 2.45) is 0 Å². The van der Waals surface area contributed by atoms with E-state index in [4.69, 9.17) is 0 Å². The number of likely N-dealkylation sites (tertiary alicyclic amines) is 2. The van der Waals surface area contributed by atoms with Gasteiger partial charge in [-0.15, -0.1) is 0 Å². The molecule has 0 aliphatic carbocycles. The topological polar surface area (TPSA) is 58.4 Å². The van der Waals surface area contributed by atoms with Crippen LogP contribution in [0.3, 0.4) is 0 Å². The number of hydrogen-bond acceptors (Lipinski definition) is 4. The van der Waals surface area contributed by atoms with E-state index in [0.29, 0.717) is 18.3 Å². The molecule has 0 aromatic carbocycles. The highest BCUT2D eigenvalue weighted by atomic mass is 16.2. The van der Waals surface area contributed by atoms with Gasteiger partial charge in [-0.2, -0.15) is 5.10 Å². The largest absolute Gasteiger partial charge is 0.336 e. The SMILES string of the molecule is CCCCn1nc(C(=O)N2CC[C@H](N3CCCC3)C2)ccc1=O. The van der Waals surface area contributed by atoms with Gasteiger partial charge in [-0.1, -0.05) is 13.3 Å². The summed E-state index contributed by atoms with van der Waals surface area (Å²) in [6, 6.07) is 3.52. The van der Waals surface area contributed by atoms with Crippen molar-refractivity contribution in [3.63, 3.8) is 0 Å². The van der Waals surface area contributed by atoms with E-state index in [1.165, 1.54) is 23.6 Å². The van der Waals surface area contributed by atoms with Crippen molar-refractivity contribution < 1.29 is 4.79 Å². The van der Waals surface area contributed by atoms with Gasteiger partial charge in [0.05, 0.1) is 0 Å². The Morgan fingerprint density at radius 1 is 1.26 bits per heavy atom. The first-order chi connectivity index (χ1) is 11.2. The molecule has 6 heteroatoms. The monoisotopic (exact) mass is 318 g/mol. The minimum absolute atomic E-state index is 0.0445. The zero-order valence-corrected chi connectivity index (χ0v) is 13.9. The van der Waals surface area contributed by atoms with Crippen molar-refractivity contribution in [2.75, 3.05) is 26.2 Å². The van der Waals surface area contributed by atoms with Gasteiger partial charge in [-0.3, -0.25) is 14.5 Å². The van der Waals surface area contributed by atoms with Crippen molar-refractivity contribution in [3.05, 3.63) is 28.2 Å². The van der Waals surface area contributed by atoms with Crippen molar-refractivity contribution >= 4 is 5.91 Å². The molecule has 2 fully saturated rings. The van der Waals surface area contributed by atoms with E-state index in [1.807, 2.05) is 4.90 Å². The first kappa shape index (κ1) is 16.2. The Labute approximate surface area is 137 Å². The third kappa shape index (κ3) is 3.63. The van der Waals surface area contributed by atoms with Gasteiger partial charge in [-0.25, -0.2) is 4.68 Å². The van der Waals surface area contributed by atoms with E-state index in [9.17, 15) is 9.59 Å². The van der Waals surface area contributed by atoms with E-state index in [1.54, 1.807) is 6.07 Å². The van der Waals surface area contributed by atoms with E-state index in [2.05, 4.69) is 16.9 Å². The Hall–Kier alpha value is -1.69. The Morgan fingerprint density at radius 2 is 2.04 bits per heavy atom. The van der Waals surface area contributed by atoms with Gasteiger partial charge in [0.15, 0.2) is 0 Å². The number of nitrogens with zero attached hydrogens (tertiary/aromatic N) is 4. The number of unbranched alkanes of at least 4 members (excludes halogenated alkanes) is 1. The normalized spacial score (nSPS) is 22.0. The van der Waals surface area contributed by atoms with Crippen LogP contribution < -0.4 is 5.56 Å². The van der Waals surface area contributed by atoms with Crippen LogP contribution in [0, 0.1) is 0 Å². The molecule has 6 nitrogen and oxygen atoms in total. The molecule has 1 amide bonds. The summed E-state index contributed by atoms with van der Waals surface area (Å²) in [7, 11) is 0. The van der Waals surface area contributed by atoms with Gasteiger partial charge in [0, 0.05) is 31.7 Å². The maximum Gasteiger partial charge on any atom is 0.274 e. The summed E-state index contributed by atoms with van der Waals surface area (Å²) in [6.45, 7) is 6.54. The molecular formula is C17H26N4O2. The third-order valence-corrected chi connectivity index (χ3v) is 4.92. The molecule has 0 unspecified atom stereocenters. The molecule has 2 aliphatic rings. The standard InChI is InChI=1S/C17H26N4O2/c1-2-3-11-21-16(22)7-6-15(18-21)17(23)20-12-8-14(13-20)19-9-4-5-10-19/h6-7,14H,2-5,8-13H2,1H3/t14-/m0/s1. The Balaban J connectivity index is 1.67. The van der Waals surface area contributed by atoms with E-state index < -0.39 is 0 Å².